The van der Waals surface area contributed by atoms with Gasteiger partial charge in [-0.3, -0.25) is 0 Å². The third kappa shape index (κ3) is 4.90. The zero-order valence-corrected chi connectivity index (χ0v) is 11.5. The van der Waals surface area contributed by atoms with E-state index in [0.29, 0.717) is 31.6 Å². The Morgan fingerprint density at radius 1 is 1.47 bits per heavy atom. The number of alkyl carbamates (subject to hydrolysis) is 1. The first-order valence-electron chi connectivity index (χ1n) is 6.36. The molecule has 108 valence electrons. The fourth-order valence-electron chi connectivity index (χ4n) is 1.67. The van der Waals surface area contributed by atoms with E-state index in [1.807, 2.05) is 6.92 Å². The second-order valence-electron chi connectivity index (χ2n) is 4.57. The van der Waals surface area contributed by atoms with E-state index >= 15 is 0 Å². The highest BCUT2D eigenvalue weighted by Gasteiger charge is 2.37. The Kier molecular flexibility index (Phi) is 5.82. The fourth-order valence-corrected chi connectivity index (χ4v) is 1.67. The van der Waals surface area contributed by atoms with Gasteiger partial charge >= 0.3 is 12.1 Å². The lowest BCUT2D eigenvalue weighted by atomic mass is 10.0. The van der Waals surface area contributed by atoms with Crippen molar-refractivity contribution < 1.29 is 23.8 Å². The quantitative estimate of drug-likeness (QED) is 0.449. The number of rotatable bonds is 6. The van der Waals surface area contributed by atoms with Crippen molar-refractivity contribution in [3.63, 3.8) is 0 Å². The molecule has 1 saturated heterocycles. The van der Waals surface area contributed by atoms with Crippen LogP contribution in [0.5, 0.6) is 0 Å². The van der Waals surface area contributed by atoms with Gasteiger partial charge in [-0.2, -0.15) is 0 Å². The molecule has 1 aliphatic heterocycles. The van der Waals surface area contributed by atoms with Gasteiger partial charge in [0, 0.05) is 12.0 Å². The van der Waals surface area contributed by atoms with Crippen LogP contribution in [-0.2, 0) is 19.0 Å². The minimum atomic E-state index is -0.515. The number of carbonyl (C=O) groups excluding carboxylic acids is 2. The maximum atomic E-state index is 11.6. The molecule has 6 nitrogen and oxygen atoms in total. The topological polar surface area (TPSA) is 73.9 Å². The summed E-state index contributed by atoms with van der Waals surface area (Å²) in [5, 5.41) is 2.54. The van der Waals surface area contributed by atoms with Gasteiger partial charge < -0.3 is 19.5 Å². The smallest absolute Gasteiger partial charge is 0.407 e. The molecule has 19 heavy (non-hydrogen) atoms. The SMILES string of the molecule is C=C(C)C(=O)OCCNC(=O)OC1(CC)CCOC1. The van der Waals surface area contributed by atoms with Gasteiger partial charge in [-0.1, -0.05) is 13.5 Å². The maximum absolute atomic E-state index is 11.6. The van der Waals surface area contributed by atoms with Crippen molar-refractivity contribution in [1.29, 1.82) is 0 Å². The molecule has 1 fully saturated rings. The van der Waals surface area contributed by atoms with E-state index < -0.39 is 17.7 Å². The molecule has 1 atom stereocenters. The van der Waals surface area contributed by atoms with E-state index in [1.54, 1.807) is 6.92 Å². The Labute approximate surface area is 113 Å². The fraction of sp³-hybridized carbons (Fsp3) is 0.692. The largest absolute Gasteiger partial charge is 0.460 e. The van der Waals surface area contributed by atoms with Crippen LogP contribution < -0.4 is 5.32 Å². The number of hydrogen-bond donors (Lipinski definition) is 1. The third-order valence-electron chi connectivity index (χ3n) is 2.97. The lowest BCUT2D eigenvalue weighted by Gasteiger charge is -2.25. The highest BCUT2D eigenvalue weighted by molar-refractivity contribution is 5.86. The van der Waals surface area contributed by atoms with Gasteiger partial charge in [-0.05, 0) is 13.3 Å². The first-order chi connectivity index (χ1) is 8.99. The number of ether oxygens (including phenoxy) is 3. The molecule has 1 amide bonds. The van der Waals surface area contributed by atoms with Crippen LogP contribution in [0.3, 0.4) is 0 Å². The highest BCUT2D eigenvalue weighted by Crippen LogP contribution is 2.26. The zero-order chi connectivity index (χ0) is 14.3. The summed E-state index contributed by atoms with van der Waals surface area (Å²) in [6, 6.07) is 0. The molecule has 1 rings (SSSR count). The molecule has 0 bridgehead atoms. The van der Waals surface area contributed by atoms with Crippen molar-refractivity contribution in [2.24, 2.45) is 0 Å². The van der Waals surface area contributed by atoms with Gasteiger partial charge in [0.15, 0.2) is 0 Å². The highest BCUT2D eigenvalue weighted by atomic mass is 16.6. The van der Waals surface area contributed by atoms with Crippen LogP contribution in [0.2, 0.25) is 0 Å². The summed E-state index contributed by atoms with van der Waals surface area (Å²) in [4.78, 5) is 22.7. The molecule has 0 saturated carbocycles. The average molecular weight is 271 g/mol. The van der Waals surface area contributed by atoms with Crippen LogP contribution in [0.4, 0.5) is 4.79 Å². The van der Waals surface area contributed by atoms with Gasteiger partial charge in [0.1, 0.15) is 12.2 Å². The Bertz CT molecular complexity index is 347. The summed E-state index contributed by atoms with van der Waals surface area (Å²) in [7, 11) is 0. The van der Waals surface area contributed by atoms with E-state index in [9.17, 15) is 9.59 Å². The standard InChI is InChI=1S/C13H21NO5/c1-4-13(5-7-17-9-13)19-12(16)14-6-8-18-11(15)10(2)3/h2,4-9H2,1,3H3,(H,14,16). The lowest BCUT2D eigenvalue weighted by molar-refractivity contribution is -0.138. The van der Waals surface area contributed by atoms with E-state index in [1.165, 1.54) is 0 Å². The second kappa shape index (κ2) is 7.13. The molecule has 0 aromatic heterocycles. The van der Waals surface area contributed by atoms with Crippen LogP contribution in [0, 0.1) is 0 Å². The maximum Gasteiger partial charge on any atom is 0.407 e. The Morgan fingerprint density at radius 2 is 2.21 bits per heavy atom. The number of esters is 1. The Balaban J connectivity index is 2.21. The van der Waals surface area contributed by atoms with Crippen molar-refractivity contribution in [3.05, 3.63) is 12.2 Å². The van der Waals surface area contributed by atoms with Crippen molar-refractivity contribution >= 4 is 12.1 Å². The van der Waals surface area contributed by atoms with Gasteiger partial charge in [-0.25, -0.2) is 9.59 Å². The molecule has 1 aliphatic rings. The predicted octanol–water partition coefficient (Wildman–Crippen LogP) is 1.40. The van der Waals surface area contributed by atoms with Gasteiger partial charge in [0.05, 0.1) is 19.8 Å². The third-order valence-corrected chi connectivity index (χ3v) is 2.97. The number of carbonyl (C=O) groups is 2. The molecule has 0 aliphatic carbocycles. The number of nitrogens with one attached hydrogen (secondary N) is 1. The lowest BCUT2D eigenvalue weighted by Crippen LogP contribution is -2.40. The van der Waals surface area contributed by atoms with Crippen molar-refractivity contribution in [3.8, 4) is 0 Å². The first-order valence-corrected chi connectivity index (χ1v) is 6.36. The monoisotopic (exact) mass is 271 g/mol. The average Bonchev–Trinajstić information content (AvgIpc) is 2.83. The molecule has 6 heteroatoms. The molecule has 1 N–H and O–H groups in total. The van der Waals surface area contributed by atoms with Crippen molar-refractivity contribution in [1.82, 2.24) is 5.32 Å². The van der Waals surface area contributed by atoms with E-state index in [-0.39, 0.29) is 13.2 Å². The summed E-state index contributed by atoms with van der Waals surface area (Å²) in [5.74, 6) is -0.468. The van der Waals surface area contributed by atoms with Crippen LogP contribution >= 0.6 is 0 Å². The number of amides is 1. The summed E-state index contributed by atoms with van der Waals surface area (Å²) < 4.78 is 15.5. The van der Waals surface area contributed by atoms with Gasteiger partial charge in [-0.15, -0.1) is 0 Å². The molecule has 0 spiro atoms. The molecule has 1 unspecified atom stereocenters. The molecular formula is C13H21NO5. The van der Waals surface area contributed by atoms with E-state index in [2.05, 4.69) is 11.9 Å². The predicted molar refractivity (Wildman–Crippen MR) is 68.7 cm³/mol. The van der Waals surface area contributed by atoms with E-state index in [4.69, 9.17) is 14.2 Å². The van der Waals surface area contributed by atoms with Crippen LogP contribution in [0.15, 0.2) is 12.2 Å². The minimum Gasteiger partial charge on any atom is -0.460 e. The van der Waals surface area contributed by atoms with Crippen molar-refractivity contribution in [2.45, 2.75) is 32.3 Å². The first kappa shape index (κ1) is 15.5. The molecule has 0 aromatic carbocycles. The minimum absolute atomic E-state index is 0.0937. The van der Waals surface area contributed by atoms with Crippen LogP contribution in [0.25, 0.3) is 0 Å². The van der Waals surface area contributed by atoms with Gasteiger partial charge in [0.2, 0.25) is 0 Å². The molecule has 0 aromatic rings. The summed E-state index contributed by atoms with van der Waals surface area (Å²) >= 11 is 0. The van der Waals surface area contributed by atoms with Crippen LogP contribution in [-0.4, -0.2) is 44.0 Å². The summed E-state index contributed by atoms with van der Waals surface area (Å²) in [6.07, 6.45) is 0.908. The molecule has 1 heterocycles. The summed E-state index contributed by atoms with van der Waals surface area (Å²) in [5.41, 5.74) is -0.186. The Morgan fingerprint density at radius 3 is 2.74 bits per heavy atom. The van der Waals surface area contributed by atoms with Gasteiger partial charge in [0.25, 0.3) is 0 Å². The summed E-state index contributed by atoms with van der Waals surface area (Å²) in [6.45, 7) is 8.32. The normalized spacial score (nSPS) is 21.8. The number of hydrogen-bond acceptors (Lipinski definition) is 5. The van der Waals surface area contributed by atoms with Crippen molar-refractivity contribution in [2.75, 3.05) is 26.4 Å². The second-order valence-corrected chi connectivity index (χ2v) is 4.57. The van der Waals surface area contributed by atoms with E-state index in [0.717, 1.165) is 0 Å². The molecule has 0 radical (unpaired) electrons. The Hall–Kier alpha value is -1.56. The van der Waals surface area contributed by atoms with Crippen LogP contribution in [0.1, 0.15) is 26.7 Å². The molecular weight excluding hydrogens is 250 g/mol. The zero-order valence-electron chi connectivity index (χ0n) is 11.5.